The van der Waals surface area contributed by atoms with E-state index in [2.05, 4.69) is 10.3 Å². The Morgan fingerprint density at radius 2 is 1.88 bits per heavy atom. The van der Waals surface area contributed by atoms with Crippen LogP contribution in [0, 0.1) is 17.7 Å². The van der Waals surface area contributed by atoms with Crippen molar-refractivity contribution < 1.29 is 18.7 Å². The number of H-pyrrole nitrogens is 1. The van der Waals surface area contributed by atoms with Crippen molar-refractivity contribution in [1.29, 1.82) is 0 Å². The van der Waals surface area contributed by atoms with E-state index in [9.17, 15) is 14.0 Å². The molecule has 2 N–H and O–H groups in total. The summed E-state index contributed by atoms with van der Waals surface area (Å²) in [5.41, 5.74) is 2.30. The van der Waals surface area contributed by atoms with Crippen molar-refractivity contribution in [3.05, 3.63) is 65.6 Å². The van der Waals surface area contributed by atoms with Gasteiger partial charge in [0.1, 0.15) is 17.3 Å². The van der Waals surface area contributed by atoms with E-state index >= 15 is 0 Å². The molecule has 1 saturated heterocycles. The van der Waals surface area contributed by atoms with Gasteiger partial charge in [0.25, 0.3) is 5.91 Å². The summed E-state index contributed by atoms with van der Waals surface area (Å²) in [4.78, 5) is 30.6. The van der Waals surface area contributed by atoms with E-state index in [1.54, 1.807) is 19.2 Å². The van der Waals surface area contributed by atoms with Crippen LogP contribution in [0.25, 0.3) is 10.9 Å². The number of rotatable bonds is 6. The lowest BCUT2D eigenvalue weighted by Gasteiger charge is -2.34. The molecule has 6 nitrogen and oxygen atoms in total. The summed E-state index contributed by atoms with van der Waals surface area (Å²) in [7, 11) is 1.62. The van der Waals surface area contributed by atoms with Gasteiger partial charge in [-0.05, 0) is 54.7 Å². The Morgan fingerprint density at radius 3 is 2.56 bits per heavy atom. The number of amides is 2. The van der Waals surface area contributed by atoms with E-state index in [1.807, 2.05) is 36.1 Å². The average Bonchev–Trinajstić information content (AvgIpc) is 3.26. The zero-order chi connectivity index (χ0) is 22.7. The number of piperidine rings is 1. The number of nitrogens with one attached hydrogen (secondary N) is 2. The largest absolute Gasteiger partial charge is 0.497 e. The fourth-order valence-corrected chi connectivity index (χ4v) is 4.29. The van der Waals surface area contributed by atoms with Crippen molar-refractivity contribution in [2.45, 2.75) is 26.3 Å². The van der Waals surface area contributed by atoms with Gasteiger partial charge < -0.3 is 19.9 Å². The molecule has 4 rings (SSSR count). The Hall–Kier alpha value is -3.35. The van der Waals surface area contributed by atoms with Crippen LogP contribution in [-0.4, -0.2) is 41.9 Å². The molecule has 0 saturated carbocycles. The molecule has 32 heavy (non-hydrogen) atoms. The Bertz CT molecular complexity index is 1100. The normalized spacial score (nSPS) is 15.5. The standard InChI is InChI=1S/C25H28FN3O3/c1-16(24(30)27-15-17-3-6-20(26)7-4-17)18-9-11-29(12-10-18)25(31)23-13-19-5-8-21(32-2)14-22(19)28-23/h3-8,13-14,16,18,28H,9-12,15H2,1-2H3,(H,27,30)/t16-/m1/s1. The number of fused-ring (bicyclic) bond motifs is 1. The lowest BCUT2D eigenvalue weighted by molar-refractivity contribution is -0.126. The molecule has 2 aromatic carbocycles. The van der Waals surface area contributed by atoms with E-state index in [-0.39, 0.29) is 29.5 Å². The van der Waals surface area contributed by atoms with Gasteiger partial charge in [0.2, 0.25) is 5.91 Å². The van der Waals surface area contributed by atoms with Crippen LogP contribution in [0.1, 0.15) is 35.8 Å². The van der Waals surface area contributed by atoms with Gasteiger partial charge in [-0.1, -0.05) is 19.1 Å². The molecule has 168 valence electrons. The number of aromatic nitrogens is 1. The second kappa shape index (κ2) is 9.42. The van der Waals surface area contributed by atoms with Crippen LogP contribution in [0.5, 0.6) is 5.75 Å². The molecular weight excluding hydrogens is 409 g/mol. The van der Waals surface area contributed by atoms with Gasteiger partial charge in [-0.3, -0.25) is 9.59 Å². The third kappa shape index (κ3) is 4.77. The molecule has 1 aromatic heterocycles. The van der Waals surface area contributed by atoms with Gasteiger partial charge in [-0.15, -0.1) is 0 Å². The molecule has 3 aromatic rings. The molecule has 2 heterocycles. The monoisotopic (exact) mass is 437 g/mol. The summed E-state index contributed by atoms with van der Waals surface area (Å²) in [6.45, 7) is 3.56. The van der Waals surface area contributed by atoms with Crippen LogP contribution in [0.15, 0.2) is 48.5 Å². The fraction of sp³-hybridized carbons (Fsp3) is 0.360. The van der Waals surface area contributed by atoms with Crippen LogP contribution < -0.4 is 10.1 Å². The minimum Gasteiger partial charge on any atom is -0.497 e. The first-order valence-corrected chi connectivity index (χ1v) is 10.9. The lowest BCUT2D eigenvalue weighted by atomic mass is 9.84. The number of benzene rings is 2. The number of ether oxygens (including phenoxy) is 1. The van der Waals surface area contributed by atoms with Crippen molar-refractivity contribution in [1.82, 2.24) is 15.2 Å². The molecule has 0 radical (unpaired) electrons. The van der Waals surface area contributed by atoms with Crippen LogP contribution in [0.3, 0.4) is 0 Å². The molecule has 1 aliphatic rings. The van der Waals surface area contributed by atoms with E-state index in [0.717, 1.165) is 35.1 Å². The third-order valence-electron chi connectivity index (χ3n) is 6.39. The molecule has 1 atom stereocenters. The number of carbonyl (C=O) groups is 2. The lowest BCUT2D eigenvalue weighted by Crippen LogP contribution is -2.42. The predicted octanol–water partition coefficient (Wildman–Crippen LogP) is 4.12. The van der Waals surface area contributed by atoms with E-state index in [0.29, 0.717) is 25.3 Å². The number of hydrogen-bond acceptors (Lipinski definition) is 3. The van der Waals surface area contributed by atoms with Gasteiger partial charge >= 0.3 is 0 Å². The van der Waals surface area contributed by atoms with Crippen LogP contribution in [0.2, 0.25) is 0 Å². The predicted molar refractivity (Wildman–Crippen MR) is 121 cm³/mol. The second-order valence-corrected chi connectivity index (χ2v) is 8.40. The average molecular weight is 438 g/mol. The van der Waals surface area contributed by atoms with Crippen molar-refractivity contribution in [3.63, 3.8) is 0 Å². The second-order valence-electron chi connectivity index (χ2n) is 8.40. The number of aromatic amines is 1. The first-order valence-electron chi connectivity index (χ1n) is 10.9. The first-order chi connectivity index (χ1) is 15.4. The zero-order valence-electron chi connectivity index (χ0n) is 18.4. The topological polar surface area (TPSA) is 74.4 Å². The number of carbonyl (C=O) groups excluding carboxylic acids is 2. The smallest absolute Gasteiger partial charge is 0.270 e. The number of likely N-dealkylation sites (tertiary alicyclic amines) is 1. The maximum absolute atomic E-state index is 13.0. The number of halogens is 1. The molecule has 1 aliphatic heterocycles. The van der Waals surface area contributed by atoms with Crippen molar-refractivity contribution >= 4 is 22.7 Å². The minimum atomic E-state index is -0.290. The van der Waals surface area contributed by atoms with Crippen molar-refractivity contribution in [3.8, 4) is 5.75 Å². The summed E-state index contributed by atoms with van der Waals surface area (Å²) in [5, 5.41) is 3.91. The highest BCUT2D eigenvalue weighted by Gasteiger charge is 2.30. The Morgan fingerprint density at radius 1 is 1.16 bits per heavy atom. The molecule has 0 bridgehead atoms. The van der Waals surface area contributed by atoms with Crippen LogP contribution in [0.4, 0.5) is 4.39 Å². The highest BCUT2D eigenvalue weighted by molar-refractivity contribution is 5.98. The van der Waals surface area contributed by atoms with Gasteiger partial charge in [0.05, 0.1) is 7.11 Å². The van der Waals surface area contributed by atoms with Crippen molar-refractivity contribution in [2.75, 3.05) is 20.2 Å². The van der Waals surface area contributed by atoms with Crippen LogP contribution >= 0.6 is 0 Å². The number of hydrogen-bond donors (Lipinski definition) is 2. The molecule has 7 heteroatoms. The summed E-state index contributed by atoms with van der Waals surface area (Å²) < 4.78 is 18.3. The Labute approximate surface area is 186 Å². The highest BCUT2D eigenvalue weighted by Crippen LogP contribution is 2.27. The molecule has 2 amide bonds. The fourth-order valence-electron chi connectivity index (χ4n) is 4.29. The maximum atomic E-state index is 13.0. The number of methoxy groups -OCH3 is 1. The molecule has 1 fully saturated rings. The van der Waals surface area contributed by atoms with E-state index < -0.39 is 0 Å². The number of nitrogens with zero attached hydrogens (tertiary/aromatic N) is 1. The molecule has 0 unspecified atom stereocenters. The van der Waals surface area contributed by atoms with Gasteiger partial charge in [0, 0.05) is 42.5 Å². The molecule has 0 spiro atoms. The molecule has 0 aliphatic carbocycles. The van der Waals surface area contributed by atoms with Crippen molar-refractivity contribution in [2.24, 2.45) is 11.8 Å². The molecular formula is C25H28FN3O3. The quantitative estimate of drug-likeness (QED) is 0.609. The summed E-state index contributed by atoms with van der Waals surface area (Å²) in [5.74, 6) is 0.496. The van der Waals surface area contributed by atoms with E-state index in [4.69, 9.17) is 4.74 Å². The maximum Gasteiger partial charge on any atom is 0.270 e. The zero-order valence-corrected chi connectivity index (χ0v) is 18.4. The highest BCUT2D eigenvalue weighted by atomic mass is 19.1. The first kappa shape index (κ1) is 21.9. The third-order valence-corrected chi connectivity index (χ3v) is 6.39. The van der Waals surface area contributed by atoms with Crippen LogP contribution in [-0.2, 0) is 11.3 Å². The van der Waals surface area contributed by atoms with Gasteiger partial charge in [0.15, 0.2) is 0 Å². The van der Waals surface area contributed by atoms with Gasteiger partial charge in [-0.2, -0.15) is 0 Å². The Kier molecular flexibility index (Phi) is 6.44. The Balaban J connectivity index is 1.30. The summed E-state index contributed by atoms with van der Waals surface area (Å²) in [6, 6.07) is 13.7. The van der Waals surface area contributed by atoms with E-state index in [1.165, 1.54) is 12.1 Å². The minimum absolute atomic E-state index is 0.0105. The SMILES string of the molecule is COc1ccc2cc(C(=O)N3CCC([C@@H](C)C(=O)NCc4ccc(F)cc4)CC3)[nH]c2c1. The van der Waals surface area contributed by atoms with Gasteiger partial charge in [-0.25, -0.2) is 4.39 Å². The summed E-state index contributed by atoms with van der Waals surface area (Å²) >= 11 is 0. The summed E-state index contributed by atoms with van der Waals surface area (Å²) in [6.07, 6.45) is 1.57.